The summed E-state index contributed by atoms with van der Waals surface area (Å²) in [4.78, 5) is 15.1. The molecule has 4 nitrogen and oxygen atoms in total. The number of nitrogens with zero attached hydrogens (tertiary/aromatic N) is 2. The topological polar surface area (TPSA) is 37.3 Å². The van der Waals surface area contributed by atoms with Crippen molar-refractivity contribution in [3.63, 3.8) is 0 Å². The second kappa shape index (κ2) is 7.24. The highest BCUT2D eigenvalue weighted by atomic mass is 79.9. The van der Waals surface area contributed by atoms with Gasteiger partial charge in [0.2, 0.25) is 0 Å². The minimum Gasteiger partial charge on any atom is -0.348 e. The van der Waals surface area contributed by atoms with Crippen LogP contribution in [0.1, 0.15) is 49.4 Å². The lowest BCUT2D eigenvalue weighted by atomic mass is 9.95. The van der Waals surface area contributed by atoms with Crippen molar-refractivity contribution in [1.29, 1.82) is 0 Å². The molecule has 4 rings (SSSR count). The summed E-state index contributed by atoms with van der Waals surface area (Å²) in [6, 6.07) is 12.9. The normalized spacial score (nSPS) is 21.0. The number of benzene rings is 1. The van der Waals surface area contributed by atoms with Gasteiger partial charge in [-0.3, -0.25) is 0 Å². The van der Waals surface area contributed by atoms with E-state index >= 15 is 0 Å². The van der Waals surface area contributed by atoms with E-state index in [9.17, 15) is 4.79 Å². The third-order valence-corrected chi connectivity index (χ3v) is 5.95. The van der Waals surface area contributed by atoms with Crippen LogP contribution in [0.25, 0.3) is 0 Å². The van der Waals surface area contributed by atoms with E-state index in [1.807, 2.05) is 4.90 Å². The molecule has 1 unspecified atom stereocenters. The molecule has 1 N–H and O–H groups in total. The number of nitrogens with one attached hydrogen (secondary N) is 1. The summed E-state index contributed by atoms with van der Waals surface area (Å²) in [7, 11) is 0. The highest BCUT2D eigenvalue weighted by molar-refractivity contribution is 9.10. The molecular weight excluding hydrogens is 378 g/mol. The lowest BCUT2D eigenvalue weighted by Crippen LogP contribution is -2.50. The Kier molecular flexibility index (Phi) is 4.84. The fourth-order valence-electron chi connectivity index (χ4n) is 4.10. The molecule has 1 aliphatic carbocycles. The smallest absolute Gasteiger partial charge is 0.318 e. The minimum absolute atomic E-state index is 0.0274. The molecule has 2 aromatic rings. The predicted molar refractivity (Wildman–Crippen MR) is 103 cm³/mol. The molecule has 2 heterocycles. The monoisotopic (exact) mass is 401 g/mol. The fraction of sp³-hybridized carbons (Fsp3) is 0.450. The van der Waals surface area contributed by atoms with Crippen LogP contribution in [-0.4, -0.2) is 28.1 Å². The average Bonchev–Trinajstić information content (AvgIpc) is 3.11. The lowest BCUT2D eigenvalue weighted by molar-refractivity contribution is 0.162. The van der Waals surface area contributed by atoms with Crippen LogP contribution in [0, 0.1) is 0 Å². The number of halogens is 1. The fourth-order valence-corrected chi connectivity index (χ4v) is 4.37. The molecule has 0 saturated heterocycles. The number of fused-ring (bicyclic) bond motifs is 1. The Morgan fingerprint density at radius 1 is 1.04 bits per heavy atom. The Bertz CT molecular complexity index is 734. The molecule has 0 radical (unpaired) electrons. The van der Waals surface area contributed by atoms with Crippen LogP contribution in [0.15, 0.2) is 47.1 Å². The SMILES string of the molecule is O=C(NC1CCCCC1)N1CCn2cccc2C1c1ccc(Br)cc1. The van der Waals surface area contributed by atoms with Gasteiger partial charge in [0.15, 0.2) is 0 Å². The number of rotatable bonds is 2. The van der Waals surface area contributed by atoms with Gasteiger partial charge in [-0.15, -0.1) is 0 Å². The number of urea groups is 1. The lowest BCUT2D eigenvalue weighted by Gasteiger charge is -2.38. The van der Waals surface area contributed by atoms with E-state index in [1.54, 1.807) is 0 Å². The number of hydrogen-bond donors (Lipinski definition) is 1. The van der Waals surface area contributed by atoms with E-state index in [0.29, 0.717) is 6.04 Å². The Morgan fingerprint density at radius 3 is 2.56 bits per heavy atom. The molecule has 1 saturated carbocycles. The van der Waals surface area contributed by atoms with Crippen LogP contribution >= 0.6 is 15.9 Å². The standard InChI is InChI=1S/C20H24BrN3O/c21-16-10-8-15(9-11-16)19-18-7-4-12-23(18)13-14-24(19)20(25)22-17-5-2-1-3-6-17/h4,7-12,17,19H,1-3,5-6,13-14H2,(H,22,25). The van der Waals surface area contributed by atoms with Crippen LogP contribution in [-0.2, 0) is 6.54 Å². The van der Waals surface area contributed by atoms with Gasteiger partial charge in [-0.25, -0.2) is 4.79 Å². The third-order valence-electron chi connectivity index (χ3n) is 5.42. The summed E-state index contributed by atoms with van der Waals surface area (Å²) in [6.07, 6.45) is 8.08. The van der Waals surface area contributed by atoms with Crippen molar-refractivity contribution in [3.05, 3.63) is 58.3 Å². The van der Waals surface area contributed by atoms with Crippen LogP contribution in [0.2, 0.25) is 0 Å². The minimum atomic E-state index is -0.0274. The first-order valence-corrected chi connectivity index (χ1v) is 9.99. The van der Waals surface area contributed by atoms with Crippen LogP contribution in [0.4, 0.5) is 4.79 Å². The molecule has 1 aliphatic heterocycles. The van der Waals surface area contributed by atoms with E-state index < -0.39 is 0 Å². The molecule has 25 heavy (non-hydrogen) atoms. The molecule has 5 heteroatoms. The van der Waals surface area contributed by atoms with E-state index in [1.165, 1.54) is 25.0 Å². The van der Waals surface area contributed by atoms with Crippen molar-refractivity contribution in [1.82, 2.24) is 14.8 Å². The maximum absolute atomic E-state index is 13.0. The molecule has 132 valence electrons. The van der Waals surface area contributed by atoms with Crippen molar-refractivity contribution < 1.29 is 4.79 Å². The first-order valence-electron chi connectivity index (χ1n) is 9.20. The Morgan fingerprint density at radius 2 is 1.80 bits per heavy atom. The largest absolute Gasteiger partial charge is 0.348 e. The van der Waals surface area contributed by atoms with E-state index in [0.717, 1.165) is 36.0 Å². The molecule has 1 aromatic heterocycles. The van der Waals surface area contributed by atoms with Gasteiger partial charge in [0.1, 0.15) is 0 Å². The zero-order chi connectivity index (χ0) is 17.2. The number of hydrogen-bond acceptors (Lipinski definition) is 1. The number of carbonyl (C=O) groups is 1. The summed E-state index contributed by atoms with van der Waals surface area (Å²) >= 11 is 3.51. The van der Waals surface area contributed by atoms with Gasteiger partial charge >= 0.3 is 6.03 Å². The molecule has 1 atom stereocenters. The maximum atomic E-state index is 13.0. The highest BCUT2D eigenvalue weighted by Crippen LogP contribution is 2.33. The quantitative estimate of drug-likeness (QED) is 0.777. The predicted octanol–water partition coefficient (Wildman–Crippen LogP) is 4.70. The Hall–Kier alpha value is -1.75. The Labute approximate surface area is 157 Å². The van der Waals surface area contributed by atoms with Gasteiger partial charge < -0.3 is 14.8 Å². The second-order valence-corrected chi connectivity index (χ2v) is 7.97. The van der Waals surface area contributed by atoms with Gasteiger partial charge in [-0.05, 0) is 42.7 Å². The zero-order valence-corrected chi connectivity index (χ0v) is 15.9. The third kappa shape index (κ3) is 3.47. The molecule has 2 amide bonds. The molecule has 0 spiro atoms. The average molecular weight is 402 g/mol. The number of carbonyl (C=O) groups excluding carboxylic acids is 1. The van der Waals surface area contributed by atoms with Crippen molar-refractivity contribution in [2.75, 3.05) is 6.54 Å². The maximum Gasteiger partial charge on any atom is 0.318 e. The van der Waals surface area contributed by atoms with E-state index in [4.69, 9.17) is 0 Å². The Balaban J connectivity index is 1.61. The molecule has 1 aromatic carbocycles. The summed E-state index contributed by atoms with van der Waals surface area (Å²) in [5, 5.41) is 3.29. The van der Waals surface area contributed by atoms with Crippen molar-refractivity contribution in [3.8, 4) is 0 Å². The van der Waals surface area contributed by atoms with Crippen LogP contribution in [0.3, 0.4) is 0 Å². The van der Waals surface area contributed by atoms with Crippen molar-refractivity contribution >= 4 is 22.0 Å². The molecule has 2 aliphatic rings. The van der Waals surface area contributed by atoms with Crippen molar-refractivity contribution in [2.45, 2.75) is 50.7 Å². The second-order valence-electron chi connectivity index (χ2n) is 7.06. The van der Waals surface area contributed by atoms with E-state index in [-0.39, 0.29) is 12.1 Å². The van der Waals surface area contributed by atoms with Gasteiger partial charge in [-0.2, -0.15) is 0 Å². The van der Waals surface area contributed by atoms with Gasteiger partial charge in [0, 0.05) is 35.5 Å². The van der Waals surface area contributed by atoms with Crippen LogP contribution in [0.5, 0.6) is 0 Å². The summed E-state index contributed by atoms with van der Waals surface area (Å²) < 4.78 is 3.32. The molecule has 0 bridgehead atoms. The van der Waals surface area contributed by atoms with Gasteiger partial charge in [0.05, 0.1) is 6.04 Å². The number of aromatic nitrogens is 1. The van der Waals surface area contributed by atoms with Crippen molar-refractivity contribution in [2.24, 2.45) is 0 Å². The molecular formula is C20H24BrN3O. The highest BCUT2D eigenvalue weighted by Gasteiger charge is 2.33. The summed E-state index contributed by atoms with van der Waals surface area (Å²) in [5.74, 6) is 0. The van der Waals surface area contributed by atoms with Gasteiger partial charge in [0.25, 0.3) is 0 Å². The molecule has 1 fully saturated rings. The van der Waals surface area contributed by atoms with Gasteiger partial charge in [-0.1, -0.05) is 47.3 Å². The first kappa shape index (κ1) is 16.7. The number of amides is 2. The summed E-state index contributed by atoms with van der Waals surface area (Å²) in [6.45, 7) is 1.59. The first-order chi connectivity index (χ1) is 12.2. The summed E-state index contributed by atoms with van der Waals surface area (Å²) in [5.41, 5.74) is 2.34. The zero-order valence-electron chi connectivity index (χ0n) is 14.3. The van der Waals surface area contributed by atoms with E-state index in [2.05, 4.69) is 68.4 Å². The van der Waals surface area contributed by atoms with Crippen LogP contribution < -0.4 is 5.32 Å².